The number of alkyl halides is 1. The lowest BCUT2D eigenvalue weighted by Gasteiger charge is -2.46. The first-order valence-electron chi connectivity index (χ1n) is 5.21. The zero-order valence-corrected chi connectivity index (χ0v) is 9.19. The molecule has 0 amide bonds. The third kappa shape index (κ3) is 2.00. The lowest BCUT2D eigenvalue weighted by atomic mass is 9.79. The summed E-state index contributed by atoms with van der Waals surface area (Å²) in [6, 6.07) is 0. The Morgan fingerprint density at radius 3 is 2.69 bits per heavy atom. The maximum absolute atomic E-state index is 5.69. The van der Waals surface area contributed by atoms with Crippen LogP contribution in [0.2, 0.25) is 0 Å². The van der Waals surface area contributed by atoms with Crippen LogP contribution in [0.5, 0.6) is 0 Å². The predicted octanol–water partition coefficient (Wildman–Crippen LogP) is 1.25. The first-order valence-corrected chi connectivity index (χ1v) is 5.74. The molecule has 0 radical (unpaired) electrons. The van der Waals surface area contributed by atoms with Gasteiger partial charge < -0.3 is 9.80 Å². The van der Waals surface area contributed by atoms with Gasteiger partial charge >= 0.3 is 0 Å². The first kappa shape index (κ1) is 9.75. The van der Waals surface area contributed by atoms with Crippen LogP contribution >= 0.6 is 11.6 Å². The van der Waals surface area contributed by atoms with Crippen LogP contribution in [-0.2, 0) is 0 Å². The van der Waals surface area contributed by atoms with Crippen molar-refractivity contribution < 1.29 is 0 Å². The highest BCUT2D eigenvalue weighted by atomic mass is 35.5. The van der Waals surface area contributed by atoms with E-state index < -0.39 is 0 Å². The summed E-state index contributed by atoms with van der Waals surface area (Å²) in [5, 5.41) is 0. The molecule has 2 heterocycles. The zero-order chi connectivity index (χ0) is 9.31. The Bertz CT molecular complexity index is 178. The average Bonchev–Trinajstić information content (AvgIpc) is 2.45. The van der Waals surface area contributed by atoms with E-state index in [2.05, 4.69) is 16.8 Å². The molecule has 3 heteroatoms. The largest absolute Gasteiger partial charge is 0.305 e. The molecule has 76 valence electrons. The molecule has 2 aliphatic rings. The Labute approximate surface area is 85.8 Å². The van der Waals surface area contributed by atoms with Crippen molar-refractivity contribution in [2.75, 3.05) is 45.7 Å². The van der Waals surface area contributed by atoms with Crippen molar-refractivity contribution in [2.24, 2.45) is 5.41 Å². The van der Waals surface area contributed by atoms with Crippen molar-refractivity contribution in [2.45, 2.75) is 12.8 Å². The highest BCUT2D eigenvalue weighted by Gasteiger charge is 2.45. The second kappa shape index (κ2) is 3.76. The molecule has 2 fully saturated rings. The van der Waals surface area contributed by atoms with E-state index in [1.807, 2.05) is 0 Å². The van der Waals surface area contributed by atoms with Crippen molar-refractivity contribution in [3.05, 3.63) is 0 Å². The minimum atomic E-state index is 0.668. The molecule has 0 N–H and O–H groups in total. The minimum Gasteiger partial charge on any atom is -0.305 e. The van der Waals surface area contributed by atoms with Crippen LogP contribution < -0.4 is 0 Å². The number of likely N-dealkylation sites (tertiary alicyclic amines) is 2. The van der Waals surface area contributed by atoms with E-state index in [-0.39, 0.29) is 0 Å². The van der Waals surface area contributed by atoms with Crippen LogP contribution in [0.15, 0.2) is 0 Å². The lowest BCUT2D eigenvalue weighted by molar-refractivity contribution is 0.0308. The van der Waals surface area contributed by atoms with Gasteiger partial charge in [0.2, 0.25) is 0 Å². The number of rotatable bonds is 3. The van der Waals surface area contributed by atoms with Gasteiger partial charge in [0.15, 0.2) is 0 Å². The number of hydrogen-bond acceptors (Lipinski definition) is 2. The van der Waals surface area contributed by atoms with E-state index in [4.69, 9.17) is 11.6 Å². The van der Waals surface area contributed by atoms with Gasteiger partial charge in [-0.1, -0.05) is 0 Å². The molecule has 2 nitrogen and oxygen atoms in total. The smallest absolute Gasteiger partial charge is 0.0235 e. The Hall–Kier alpha value is 0.210. The summed E-state index contributed by atoms with van der Waals surface area (Å²) in [5.74, 6) is 0.809. The van der Waals surface area contributed by atoms with E-state index in [1.165, 1.54) is 39.1 Å². The quantitative estimate of drug-likeness (QED) is 0.636. The van der Waals surface area contributed by atoms with Gasteiger partial charge in [-0.05, 0) is 33.0 Å². The molecule has 13 heavy (non-hydrogen) atoms. The number of halogens is 1. The van der Waals surface area contributed by atoms with E-state index >= 15 is 0 Å². The molecule has 0 saturated carbocycles. The van der Waals surface area contributed by atoms with Gasteiger partial charge in [-0.25, -0.2) is 0 Å². The number of hydrogen-bond donors (Lipinski definition) is 0. The summed E-state index contributed by atoms with van der Waals surface area (Å²) in [4.78, 5) is 5.00. The molecule has 0 aromatic rings. The van der Waals surface area contributed by atoms with Gasteiger partial charge in [-0.15, -0.1) is 11.6 Å². The average molecular weight is 203 g/mol. The van der Waals surface area contributed by atoms with Crippen molar-refractivity contribution in [1.82, 2.24) is 9.80 Å². The molecular weight excluding hydrogens is 184 g/mol. The van der Waals surface area contributed by atoms with E-state index in [1.54, 1.807) is 0 Å². The van der Waals surface area contributed by atoms with Gasteiger partial charge in [0.25, 0.3) is 0 Å². The summed E-state index contributed by atoms with van der Waals surface area (Å²) in [7, 11) is 2.21. The lowest BCUT2D eigenvalue weighted by Crippen LogP contribution is -2.55. The highest BCUT2D eigenvalue weighted by Crippen LogP contribution is 2.38. The van der Waals surface area contributed by atoms with Crippen molar-refractivity contribution in [3.8, 4) is 0 Å². The standard InChI is InChI=1S/C10H19ClN2/c1-12-7-10(8-12)3-6-13(9-10)5-2-4-11/h2-9H2,1H3. The maximum Gasteiger partial charge on any atom is 0.0235 e. The predicted molar refractivity (Wildman–Crippen MR) is 56.3 cm³/mol. The normalized spacial score (nSPS) is 28.2. The van der Waals surface area contributed by atoms with E-state index in [0.717, 1.165) is 12.3 Å². The van der Waals surface area contributed by atoms with Crippen molar-refractivity contribution >= 4 is 11.6 Å². The summed E-state index contributed by atoms with van der Waals surface area (Å²) in [5.41, 5.74) is 0.668. The molecule has 2 rings (SSSR count). The highest BCUT2D eigenvalue weighted by molar-refractivity contribution is 6.17. The molecule has 1 spiro atoms. The summed E-state index contributed by atoms with van der Waals surface area (Å²) < 4.78 is 0. The zero-order valence-electron chi connectivity index (χ0n) is 8.43. The van der Waals surface area contributed by atoms with Crippen LogP contribution in [-0.4, -0.2) is 55.5 Å². The summed E-state index contributed by atoms with van der Waals surface area (Å²) in [6.45, 7) is 6.43. The van der Waals surface area contributed by atoms with Gasteiger partial charge in [-0.3, -0.25) is 0 Å². The van der Waals surface area contributed by atoms with Crippen molar-refractivity contribution in [1.29, 1.82) is 0 Å². The monoisotopic (exact) mass is 202 g/mol. The first-order chi connectivity index (χ1) is 6.24. The summed E-state index contributed by atoms with van der Waals surface area (Å²) >= 11 is 5.69. The molecule has 0 bridgehead atoms. The second-order valence-corrected chi connectivity index (χ2v) is 5.12. The minimum absolute atomic E-state index is 0.668. The Kier molecular flexibility index (Phi) is 2.82. The second-order valence-electron chi connectivity index (χ2n) is 4.74. The van der Waals surface area contributed by atoms with Crippen LogP contribution in [0.1, 0.15) is 12.8 Å². The molecule has 2 aliphatic heterocycles. The summed E-state index contributed by atoms with van der Waals surface area (Å²) in [6.07, 6.45) is 2.55. The Morgan fingerprint density at radius 1 is 1.31 bits per heavy atom. The Morgan fingerprint density at radius 2 is 2.08 bits per heavy atom. The van der Waals surface area contributed by atoms with Crippen molar-refractivity contribution in [3.63, 3.8) is 0 Å². The fraction of sp³-hybridized carbons (Fsp3) is 1.00. The molecule has 0 aromatic carbocycles. The van der Waals surface area contributed by atoms with Crippen LogP contribution in [0.25, 0.3) is 0 Å². The number of nitrogens with zero attached hydrogens (tertiary/aromatic N) is 2. The Balaban J connectivity index is 1.75. The molecule has 0 aromatic heterocycles. The third-order valence-corrected chi connectivity index (χ3v) is 3.60. The fourth-order valence-electron chi connectivity index (χ4n) is 2.86. The molecule has 2 saturated heterocycles. The molecule has 0 unspecified atom stereocenters. The van der Waals surface area contributed by atoms with Gasteiger partial charge in [-0.2, -0.15) is 0 Å². The topological polar surface area (TPSA) is 6.48 Å². The van der Waals surface area contributed by atoms with Crippen LogP contribution in [0, 0.1) is 5.41 Å². The fourth-order valence-corrected chi connectivity index (χ4v) is 2.98. The van der Waals surface area contributed by atoms with E-state index in [0.29, 0.717) is 5.41 Å². The van der Waals surface area contributed by atoms with E-state index in [9.17, 15) is 0 Å². The third-order valence-electron chi connectivity index (χ3n) is 3.34. The molecular formula is C10H19ClN2. The maximum atomic E-state index is 5.69. The molecule has 0 atom stereocenters. The van der Waals surface area contributed by atoms with Gasteiger partial charge in [0, 0.05) is 30.9 Å². The van der Waals surface area contributed by atoms with Crippen LogP contribution in [0.3, 0.4) is 0 Å². The SMILES string of the molecule is CN1CC2(CCN(CCCCl)C2)C1. The molecule has 0 aliphatic carbocycles. The van der Waals surface area contributed by atoms with Gasteiger partial charge in [0.1, 0.15) is 0 Å². The van der Waals surface area contributed by atoms with Gasteiger partial charge in [0.05, 0.1) is 0 Å². The van der Waals surface area contributed by atoms with Crippen LogP contribution in [0.4, 0.5) is 0 Å².